The Kier molecular flexibility index (Phi) is 4.45. The molecule has 0 aliphatic carbocycles. The fourth-order valence-corrected chi connectivity index (χ4v) is 3.87. The molecular formula is C16H29NO2Si. The fraction of sp³-hybridized carbons (Fsp3) is 0.812. The minimum atomic E-state index is -1.67. The van der Waals surface area contributed by atoms with Gasteiger partial charge in [0.2, 0.25) is 0 Å². The SMILES string of the molecule is CC(C)(C)[Si](C)(C)OCCC1=CC(=O)C[C@H]2CCCN12. The van der Waals surface area contributed by atoms with Gasteiger partial charge < -0.3 is 9.33 Å². The Morgan fingerprint density at radius 3 is 2.75 bits per heavy atom. The lowest BCUT2D eigenvalue weighted by Crippen LogP contribution is -2.41. The Hall–Kier alpha value is -0.613. The van der Waals surface area contributed by atoms with E-state index in [1.165, 1.54) is 18.5 Å². The Morgan fingerprint density at radius 1 is 1.40 bits per heavy atom. The highest BCUT2D eigenvalue weighted by molar-refractivity contribution is 6.74. The zero-order valence-electron chi connectivity index (χ0n) is 13.7. The molecule has 0 radical (unpaired) electrons. The van der Waals surface area contributed by atoms with Gasteiger partial charge in [-0.05, 0) is 31.0 Å². The van der Waals surface area contributed by atoms with Gasteiger partial charge in [0.05, 0.1) is 0 Å². The summed E-state index contributed by atoms with van der Waals surface area (Å²) in [6.45, 7) is 13.2. The van der Waals surface area contributed by atoms with E-state index < -0.39 is 8.32 Å². The van der Waals surface area contributed by atoms with Crippen molar-refractivity contribution in [3.63, 3.8) is 0 Å². The first-order valence-corrected chi connectivity index (χ1v) is 10.8. The van der Waals surface area contributed by atoms with Crippen molar-refractivity contribution in [3.8, 4) is 0 Å². The first kappa shape index (κ1) is 15.8. The molecule has 0 N–H and O–H groups in total. The van der Waals surface area contributed by atoms with E-state index in [0.29, 0.717) is 18.2 Å². The molecule has 0 spiro atoms. The summed E-state index contributed by atoms with van der Waals surface area (Å²) in [5.74, 6) is 0.301. The molecule has 4 heteroatoms. The second-order valence-corrected chi connectivity index (χ2v) is 12.5. The third kappa shape index (κ3) is 3.34. The topological polar surface area (TPSA) is 29.5 Å². The van der Waals surface area contributed by atoms with E-state index in [9.17, 15) is 4.79 Å². The van der Waals surface area contributed by atoms with E-state index in [-0.39, 0.29) is 5.04 Å². The molecule has 114 valence electrons. The van der Waals surface area contributed by atoms with Gasteiger partial charge in [-0.2, -0.15) is 0 Å². The molecule has 2 aliphatic heterocycles. The molecule has 2 rings (SSSR count). The molecule has 20 heavy (non-hydrogen) atoms. The monoisotopic (exact) mass is 295 g/mol. The lowest BCUT2D eigenvalue weighted by Gasteiger charge is -2.37. The van der Waals surface area contributed by atoms with Gasteiger partial charge in [-0.15, -0.1) is 0 Å². The number of allylic oxidation sites excluding steroid dienone is 1. The predicted octanol–water partition coefficient (Wildman–Crippen LogP) is 3.72. The maximum absolute atomic E-state index is 11.8. The smallest absolute Gasteiger partial charge is 0.191 e. The Morgan fingerprint density at radius 2 is 2.10 bits per heavy atom. The second kappa shape index (κ2) is 5.64. The van der Waals surface area contributed by atoms with Gasteiger partial charge in [0, 0.05) is 43.8 Å². The number of ketones is 1. The zero-order chi connectivity index (χ0) is 15.0. The standard InChI is InChI=1S/C16H29NO2Si/c1-16(2,3)20(4,5)19-10-8-14-12-15(18)11-13-7-6-9-17(13)14/h12-13H,6-11H2,1-5H3/t13-/m1/s1. The van der Waals surface area contributed by atoms with E-state index in [4.69, 9.17) is 4.43 Å². The normalized spacial score (nSPS) is 23.9. The highest BCUT2D eigenvalue weighted by Crippen LogP contribution is 2.37. The molecule has 0 aromatic heterocycles. The Labute approximate surface area is 124 Å². The molecule has 0 aromatic carbocycles. The van der Waals surface area contributed by atoms with Gasteiger partial charge in [-0.3, -0.25) is 4.79 Å². The van der Waals surface area contributed by atoms with E-state index in [1.807, 2.05) is 6.08 Å². The molecule has 0 aromatic rings. The van der Waals surface area contributed by atoms with Crippen molar-refractivity contribution >= 4 is 14.1 Å². The lowest BCUT2D eigenvalue weighted by atomic mass is 10.0. The number of carbonyl (C=O) groups excluding carboxylic acids is 1. The summed E-state index contributed by atoms with van der Waals surface area (Å²) in [4.78, 5) is 14.2. The molecule has 2 heterocycles. The van der Waals surface area contributed by atoms with Crippen LogP contribution in [0.25, 0.3) is 0 Å². The van der Waals surface area contributed by atoms with Gasteiger partial charge in [0.15, 0.2) is 14.1 Å². The van der Waals surface area contributed by atoms with Crippen LogP contribution in [-0.2, 0) is 9.22 Å². The van der Waals surface area contributed by atoms with Gasteiger partial charge in [0.25, 0.3) is 0 Å². The number of fused-ring (bicyclic) bond motifs is 1. The van der Waals surface area contributed by atoms with Crippen LogP contribution in [0.1, 0.15) is 46.5 Å². The quantitative estimate of drug-likeness (QED) is 0.740. The summed E-state index contributed by atoms with van der Waals surface area (Å²) < 4.78 is 6.24. The lowest BCUT2D eigenvalue weighted by molar-refractivity contribution is -0.116. The second-order valence-electron chi connectivity index (χ2n) is 7.65. The highest BCUT2D eigenvalue weighted by atomic mass is 28.4. The van der Waals surface area contributed by atoms with Crippen LogP contribution in [0.15, 0.2) is 11.8 Å². The summed E-state index contributed by atoms with van der Waals surface area (Å²) in [6, 6.07) is 0.468. The van der Waals surface area contributed by atoms with Crippen molar-refractivity contribution in [1.82, 2.24) is 4.90 Å². The van der Waals surface area contributed by atoms with Crippen molar-refractivity contribution < 1.29 is 9.22 Å². The third-order valence-electron chi connectivity index (χ3n) is 5.14. The summed E-state index contributed by atoms with van der Waals surface area (Å²) in [5.41, 5.74) is 1.21. The molecule has 0 saturated carbocycles. The molecule has 1 fully saturated rings. The fourth-order valence-electron chi connectivity index (χ4n) is 2.83. The van der Waals surface area contributed by atoms with E-state index in [0.717, 1.165) is 19.6 Å². The maximum atomic E-state index is 11.8. The molecule has 0 amide bonds. The molecular weight excluding hydrogens is 266 g/mol. The van der Waals surface area contributed by atoms with Gasteiger partial charge in [-0.25, -0.2) is 0 Å². The number of hydrogen-bond acceptors (Lipinski definition) is 3. The molecule has 1 saturated heterocycles. The molecule has 2 aliphatic rings. The largest absolute Gasteiger partial charge is 0.416 e. The van der Waals surface area contributed by atoms with Crippen LogP contribution in [0, 0.1) is 0 Å². The first-order valence-electron chi connectivity index (χ1n) is 7.85. The van der Waals surface area contributed by atoms with Crippen LogP contribution in [0.3, 0.4) is 0 Å². The average Bonchev–Trinajstić information content (AvgIpc) is 2.74. The summed E-state index contributed by atoms with van der Waals surface area (Å²) in [6.07, 6.45) is 5.85. The Bertz CT molecular complexity index is 409. The van der Waals surface area contributed by atoms with Crippen molar-refractivity contribution in [3.05, 3.63) is 11.8 Å². The van der Waals surface area contributed by atoms with E-state index >= 15 is 0 Å². The molecule has 1 atom stereocenters. The minimum Gasteiger partial charge on any atom is -0.416 e. The molecule has 0 unspecified atom stereocenters. The number of nitrogens with zero attached hydrogens (tertiary/aromatic N) is 1. The van der Waals surface area contributed by atoms with E-state index in [2.05, 4.69) is 38.8 Å². The summed E-state index contributed by atoms with van der Waals surface area (Å²) in [7, 11) is -1.67. The number of rotatable bonds is 4. The maximum Gasteiger partial charge on any atom is 0.191 e. The van der Waals surface area contributed by atoms with Crippen molar-refractivity contribution in [1.29, 1.82) is 0 Å². The van der Waals surface area contributed by atoms with Crippen LogP contribution in [0.2, 0.25) is 18.1 Å². The number of carbonyl (C=O) groups is 1. The first-order chi connectivity index (χ1) is 9.21. The number of hydrogen-bond donors (Lipinski definition) is 0. The zero-order valence-corrected chi connectivity index (χ0v) is 14.7. The van der Waals surface area contributed by atoms with Crippen LogP contribution in [0.4, 0.5) is 0 Å². The Balaban J connectivity index is 1.92. The molecule has 3 nitrogen and oxygen atoms in total. The van der Waals surface area contributed by atoms with Gasteiger partial charge in [-0.1, -0.05) is 20.8 Å². The van der Waals surface area contributed by atoms with Crippen LogP contribution < -0.4 is 0 Å². The van der Waals surface area contributed by atoms with Crippen molar-refractivity contribution in [2.45, 2.75) is 70.6 Å². The summed E-state index contributed by atoms with van der Waals surface area (Å²) >= 11 is 0. The van der Waals surface area contributed by atoms with Crippen molar-refractivity contribution in [2.24, 2.45) is 0 Å². The molecule has 0 bridgehead atoms. The minimum absolute atomic E-state index is 0.250. The van der Waals surface area contributed by atoms with Gasteiger partial charge >= 0.3 is 0 Å². The van der Waals surface area contributed by atoms with Crippen LogP contribution in [-0.4, -0.2) is 38.2 Å². The average molecular weight is 295 g/mol. The van der Waals surface area contributed by atoms with Crippen LogP contribution >= 0.6 is 0 Å². The highest BCUT2D eigenvalue weighted by Gasteiger charge is 2.37. The van der Waals surface area contributed by atoms with Crippen LogP contribution in [0.5, 0.6) is 0 Å². The third-order valence-corrected chi connectivity index (χ3v) is 9.68. The van der Waals surface area contributed by atoms with Crippen molar-refractivity contribution in [2.75, 3.05) is 13.2 Å². The van der Waals surface area contributed by atoms with Gasteiger partial charge in [0.1, 0.15) is 0 Å². The van der Waals surface area contributed by atoms with E-state index in [1.54, 1.807) is 0 Å². The predicted molar refractivity (Wildman–Crippen MR) is 85.2 cm³/mol. The summed E-state index contributed by atoms with van der Waals surface area (Å²) in [5, 5.41) is 0.250.